The van der Waals surface area contributed by atoms with E-state index in [0.29, 0.717) is 34.1 Å². The zero-order chi connectivity index (χ0) is 23.7. The summed E-state index contributed by atoms with van der Waals surface area (Å²) in [5, 5.41) is 6.05. The molecule has 9 heteroatoms. The van der Waals surface area contributed by atoms with E-state index in [1.165, 1.54) is 12.1 Å². The Hall–Kier alpha value is -4.11. The van der Waals surface area contributed by atoms with Gasteiger partial charge >= 0.3 is 0 Å². The van der Waals surface area contributed by atoms with Gasteiger partial charge in [-0.1, -0.05) is 12.1 Å². The van der Waals surface area contributed by atoms with Crippen molar-refractivity contribution in [3.8, 4) is 11.3 Å². The van der Waals surface area contributed by atoms with Gasteiger partial charge in [-0.05, 0) is 70.9 Å². The number of hydrogen-bond acceptors (Lipinski definition) is 5. The quantitative estimate of drug-likeness (QED) is 0.299. The molecule has 5 rings (SSSR count). The van der Waals surface area contributed by atoms with Crippen molar-refractivity contribution in [2.24, 2.45) is 0 Å². The van der Waals surface area contributed by atoms with Crippen LogP contribution in [0.1, 0.15) is 15.9 Å². The summed E-state index contributed by atoms with van der Waals surface area (Å²) in [6.45, 7) is 1.93. The molecule has 0 radical (unpaired) electrons. The van der Waals surface area contributed by atoms with Gasteiger partial charge in [0.15, 0.2) is 11.5 Å². The third-order valence-corrected chi connectivity index (χ3v) is 5.83. The van der Waals surface area contributed by atoms with Crippen LogP contribution < -0.4 is 10.6 Å². The molecule has 0 saturated heterocycles. The number of nitrogens with one attached hydrogen (secondary N) is 2. The first-order chi connectivity index (χ1) is 16.5. The number of fused-ring (bicyclic) bond motifs is 1. The number of amides is 1. The molecule has 1 amide bonds. The third kappa shape index (κ3) is 4.38. The number of hydrogen-bond donors (Lipinski definition) is 2. The van der Waals surface area contributed by atoms with Crippen molar-refractivity contribution < 1.29 is 9.18 Å². The van der Waals surface area contributed by atoms with Crippen LogP contribution in [0.5, 0.6) is 0 Å². The first kappa shape index (κ1) is 21.7. The Balaban J connectivity index is 1.51. The van der Waals surface area contributed by atoms with Gasteiger partial charge in [0.2, 0.25) is 0 Å². The summed E-state index contributed by atoms with van der Waals surface area (Å²) in [7, 11) is 0. The van der Waals surface area contributed by atoms with Crippen molar-refractivity contribution in [3.05, 3.63) is 101 Å². The molecule has 5 aromatic rings. The second-order valence-corrected chi connectivity index (χ2v) is 8.42. The van der Waals surface area contributed by atoms with E-state index < -0.39 is 5.82 Å². The summed E-state index contributed by atoms with van der Waals surface area (Å²) in [4.78, 5) is 26.2. The van der Waals surface area contributed by atoms with Gasteiger partial charge in [0.05, 0.1) is 11.9 Å². The van der Waals surface area contributed by atoms with Gasteiger partial charge < -0.3 is 10.6 Å². The topological polar surface area (TPSA) is 84.2 Å². The average molecular weight is 517 g/mol. The fourth-order valence-corrected chi connectivity index (χ4v) is 3.86. The van der Waals surface area contributed by atoms with Crippen LogP contribution in [0.3, 0.4) is 0 Å². The molecule has 7 nitrogen and oxygen atoms in total. The Kier molecular flexibility index (Phi) is 5.77. The fourth-order valence-electron chi connectivity index (χ4n) is 3.49. The lowest BCUT2D eigenvalue weighted by Crippen LogP contribution is -2.12. The zero-order valence-corrected chi connectivity index (χ0v) is 19.5. The number of benzene rings is 2. The maximum atomic E-state index is 13.5. The second-order valence-electron chi connectivity index (χ2n) is 7.61. The monoisotopic (exact) mass is 516 g/mol. The number of nitrogens with zero attached hydrogens (tertiary/aromatic N) is 4. The molecule has 0 aliphatic heterocycles. The number of halogens is 2. The molecule has 0 aliphatic rings. The predicted molar refractivity (Wildman–Crippen MR) is 133 cm³/mol. The number of aryl methyl sites for hydroxylation is 1. The molecule has 0 aliphatic carbocycles. The van der Waals surface area contributed by atoms with Gasteiger partial charge in [-0.25, -0.2) is 14.4 Å². The van der Waals surface area contributed by atoms with E-state index in [0.717, 1.165) is 15.7 Å². The molecule has 0 spiro atoms. The van der Waals surface area contributed by atoms with Crippen LogP contribution in [0.2, 0.25) is 0 Å². The molecule has 168 valence electrons. The lowest BCUT2D eigenvalue weighted by Gasteiger charge is -2.13. The minimum absolute atomic E-state index is 0.348. The summed E-state index contributed by atoms with van der Waals surface area (Å²) in [6, 6.07) is 14.8. The van der Waals surface area contributed by atoms with Crippen LogP contribution in [-0.2, 0) is 0 Å². The molecule has 0 saturated carbocycles. The highest BCUT2D eigenvalue weighted by atomic mass is 79.9. The maximum Gasteiger partial charge on any atom is 0.255 e. The summed E-state index contributed by atoms with van der Waals surface area (Å²) >= 11 is 3.52. The molecule has 0 fully saturated rings. The van der Waals surface area contributed by atoms with E-state index in [4.69, 9.17) is 4.98 Å². The highest BCUT2D eigenvalue weighted by Crippen LogP contribution is 2.28. The molecule has 2 N–H and O–H groups in total. The average Bonchev–Trinajstić information content (AvgIpc) is 3.22. The predicted octanol–water partition coefficient (Wildman–Crippen LogP) is 6.00. The van der Waals surface area contributed by atoms with Crippen LogP contribution in [0, 0.1) is 12.7 Å². The maximum absolute atomic E-state index is 13.5. The van der Waals surface area contributed by atoms with Crippen molar-refractivity contribution in [3.63, 3.8) is 0 Å². The highest BCUT2D eigenvalue weighted by Gasteiger charge is 2.15. The van der Waals surface area contributed by atoms with Gasteiger partial charge in [-0.15, -0.1) is 0 Å². The SMILES string of the molecule is Cc1ccc(C(=O)Nc2cccc(F)c2)cc1Nc1nc(-c2cccnc2)cn2c(Br)cnc12. The van der Waals surface area contributed by atoms with Crippen LogP contribution in [-0.4, -0.2) is 25.3 Å². The standard InChI is InChI=1S/C25H18BrFN6O/c1-15-7-8-16(25(34)30-19-6-2-5-18(27)11-19)10-20(15)31-23-24-29-13-22(26)33(24)14-21(32-23)17-4-3-9-28-12-17/h2-14H,1H3,(H,30,34)(H,31,32). The number of anilines is 3. The molecular weight excluding hydrogens is 499 g/mol. The molecule has 0 bridgehead atoms. The van der Waals surface area contributed by atoms with Gasteiger partial charge in [-0.3, -0.25) is 14.2 Å². The minimum atomic E-state index is -0.418. The molecule has 0 atom stereocenters. The first-order valence-corrected chi connectivity index (χ1v) is 11.2. The van der Waals surface area contributed by atoms with E-state index in [1.807, 2.05) is 35.7 Å². The van der Waals surface area contributed by atoms with E-state index in [-0.39, 0.29) is 5.91 Å². The molecule has 34 heavy (non-hydrogen) atoms. The molecule has 3 aromatic heterocycles. The number of carbonyl (C=O) groups is 1. The lowest BCUT2D eigenvalue weighted by atomic mass is 10.1. The van der Waals surface area contributed by atoms with Crippen molar-refractivity contribution in [1.82, 2.24) is 19.4 Å². The molecule has 2 aromatic carbocycles. The number of rotatable bonds is 5. The minimum Gasteiger partial charge on any atom is -0.337 e. The van der Waals surface area contributed by atoms with Crippen LogP contribution in [0.25, 0.3) is 16.9 Å². The first-order valence-electron chi connectivity index (χ1n) is 10.4. The smallest absolute Gasteiger partial charge is 0.255 e. The van der Waals surface area contributed by atoms with E-state index in [9.17, 15) is 9.18 Å². The second kappa shape index (κ2) is 9.03. The summed E-state index contributed by atoms with van der Waals surface area (Å²) in [5.74, 6) is -0.240. The van der Waals surface area contributed by atoms with Gasteiger partial charge in [0.1, 0.15) is 10.4 Å². The van der Waals surface area contributed by atoms with Crippen molar-refractivity contribution in [2.45, 2.75) is 6.92 Å². The Morgan fingerprint density at radius 3 is 2.76 bits per heavy atom. The summed E-state index contributed by atoms with van der Waals surface area (Å²) in [6.07, 6.45) is 7.03. The Labute approximate surface area is 202 Å². The summed E-state index contributed by atoms with van der Waals surface area (Å²) in [5.41, 5.74) is 4.60. The van der Waals surface area contributed by atoms with Crippen molar-refractivity contribution in [1.29, 1.82) is 0 Å². The lowest BCUT2D eigenvalue weighted by molar-refractivity contribution is 0.102. The van der Waals surface area contributed by atoms with Crippen LogP contribution in [0.15, 0.2) is 84.0 Å². The normalized spacial score (nSPS) is 10.9. The van der Waals surface area contributed by atoms with Gasteiger partial charge in [0.25, 0.3) is 5.91 Å². The van der Waals surface area contributed by atoms with Gasteiger partial charge in [-0.2, -0.15) is 0 Å². The van der Waals surface area contributed by atoms with E-state index in [2.05, 4.69) is 36.5 Å². The number of imidazole rings is 1. The zero-order valence-electron chi connectivity index (χ0n) is 18.0. The third-order valence-electron chi connectivity index (χ3n) is 5.24. The number of aromatic nitrogens is 4. The summed E-state index contributed by atoms with van der Waals surface area (Å²) < 4.78 is 16.1. The van der Waals surface area contributed by atoms with E-state index >= 15 is 0 Å². The number of pyridine rings is 1. The molecular formula is C25H18BrFN6O. The molecule has 0 unspecified atom stereocenters. The van der Waals surface area contributed by atoms with Crippen LogP contribution in [0.4, 0.5) is 21.6 Å². The molecule has 3 heterocycles. The van der Waals surface area contributed by atoms with Crippen LogP contribution >= 0.6 is 15.9 Å². The Bertz CT molecular complexity index is 1520. The highest BCUT2D eigenvalue weighted by molar-refractivity contribution is 9.10. The fraction of sp³-hybridized carbons (Fsp3) is 0.0400. The van der Waals surface area contributed by atoms with Crippen molar-refractivity contribution >= 4 is 44.7 Å². The largest absolute Gasteiger partial charge is 0.337 e. The van der Waals surface area contributed by atoms with E-state index in [1.54, 1.807) is 42.9 Å². The number of carbonyl (C=O) groups excluding carboxylic acids is 1. The Morgan fingerprint density at radius 2 is 1.97 bits per heavy atom. The van der Waals surface area contributed by atoms with Gasteiger partial charge in [0, 0.05) is 41.1 Å². The Morgan fingerprint density at radius 1 is 1.09 bits per heavy atom. The van der Waals surface area contributed by atoms with Crippen molar-refractivity contribution in [2.75, 3.05) is 10.6 Å².